The average molecular weight is 408 g/mol. The lowest BCUT2D eigenvalue weighted by Gasteiger charge is -2.46. The van der Waals surface area contributed by atoms with Gasteiger partial charge in [0, 0.05) is 37.2 Å². The molecule has 2 aliphatic heterocycles. The van der Waals surface area contributed by atoms with Gasteiger partial charge in [-0.1, -0.05) is 25.0 Å². The molecule has 30 heavy (non-hydrogen) atoms. The van der Waals surface area contributed by atoms with Crippen molar-refractivity contribution >= 4 is 17.5 Å². The van der Waals surface area contributed by atoms with Crippen LogP contribution in [0.2, 0.25) is 0 Å². The normalized spacial score (nSPS) is 17.1. The summed E-state index contributed by atoms with van der Waals surface area (Å²) in [5, 5.41) is 6.66. The highest BCUT2D eigenvalue weighted by Gasteiger charge is 2.41. The molecular weight excluding hydrogens is 378 g/mol. The minimum atomic E-state index is -0.493. The molecule has 0 atom stereocenters. The summed E-state index contributed by atoms with van der Waals surface area (Å²) in [4.78, 5) is 27.4. The van der Waals surface area contributed by atoms with Crippen LogP contribution in [0.25, 0.3) is 0 Å². The number of carbonyl (C=O) groups excluding carboxylic acids is 2. The first-order chi connectivity index (χ1) is 14.5. The molecule has 2 amide bonds. The lowest BCUT2D eigenvalue weighted by Crippen LogP contribution is -2.62. The van der Waals surface area contributed by atoms with E-state index in [9.17, 15) is 9.59 Å². The Morgan fingerprint density at radius 3 is 2.53 bits per heavy atom. The summed E-state index contributed by atoms with van der Waals surface area (Å²) in [5.74, 6) is 0.759. The van der Waals surface area contributed by atoms with Crippen LogP contribution in [0.5, 0.6) is 5.75 Å². The number of benzene rings is 2. The van der Waals surface area contributed by atoms with Crippen LogP contribution in [-0.4, -0.2) is 42.1 Å². The SMILES string of the molecule is CCCCOc1ccc(C(=O)N2CCC3(CC2)NC(=O)c2cc(C)ccc2N3)cc1. The molecule has 4 rings (SSSR count). The number of nitrogens with zero attached hydrogens (tertiary/aromatic N) is 1. The van der Waals surface area contributed by atoms with Crippen molar-refractivity contribution in [3.8, 4) is 5.75 Å². The molecule has 1 saturated heterocycles. The fraction of sp³-hybridized carbons (Fsp3) is 0.417. The van der Waals surface area contributed by atoms with Gasteiger partial charge in [-0.15, -0.1) is 0 Å². The first kappa shape index (κ1) is 20.3. The van der Waals surface area contributed by atoms with Crippen molar-refractivity contribution in [2.45, 2.75) is 45.2 Å². The molecule has 0 unspecified atom stereocenters. The zero-order valence-corrected chi connectivity index (χ0v) is 17.7. The van der Waals surface area contributed by atoms with Crippen LogP contribution in [0.3, 0.4) is 0 Å². The number of fused-ring (bicyclic) bond motifs is 1. The highest BCUT2D eigenvalue weighted by atomic mass is 16.5. The van der Waals surface area contributed by atoms with Gasteiger partial charge < -0.3 is 20.3 Å². The van der Waals surface area contributed by atoms with Crippen molar-refractivity contribution in [3.63, 3.8) is 0 Å². The second kappa shape index (κ2) is 8.38. The molecule has 2 aromatic carbocycles. The van der Waals surface area contributed by atoms with E-state index in [2.05, 4.69) is 17.6 Å². The lowest BCUT2D eigenvalue weighted by atomic mass is 9.91. The number of aryl methyl sites for hydroxylation is 1. The van der Waals surface area contributed by atoms with Crippen molar-refractivity contribution < 1.29 is 14.3 Å². The van der Waals surface area contributed by atoms with Crippen LogP contribution < -0.4 is 15.4 Å². The van der Waals surface area contributed by atoms with Crippen LogP contribution in [0, 0.1) is 6.92 Å². The van der Waals surface area contributed by atoms with Crippen LogP contribution in [0.15, 0.2) is 42.5 Å². The van der Waals surface area contributed by atoms with Gasteiger partial charge in [-0.05, 0) is 49.7 Å². The Labute approximate surface area is 177 Å². The zero-order chi connectivity index (χ0) is 21.1. The van der Waals surface area contributed by atoms with Crippen LogP contribution in [-0.2, 0) is 0 Å². The van der Waals surface area contributed by atoms with E-state index in [0.29, 0.717) is 43.7 Å². The summed E-state index contributed by atoms with van der Waals surface area (Å²) in [6.07, 6.45) is 3.43. The fourth-order valence-electron chi connectivity index (χ4n) is 4.08. The van der Waals surface area contributed by atoms with Crippen LogP contribution >= 0.6 is 0 Å². The molecule has 1 spiro atoms. The highest BCUT2D eigenvalue weighted by molar-refractivity contribution is 6.02. The number of hydrogen-bond donors (Lipinski definition) is 2. The van der Waals surface area contributed by atoms with Crippen molar-refractivity contribution in [1.82, 2.24) is 10.2 Å². The zero-order valence-electron chi connectivity index (χ0n) is 17.7. The number of unbranched alkanes of at least 4 members (excludes halogenated alkanes) is 1. The van der Waals surface area contributed by atoms with E-state index in [1.54, 1.807) is 0 Å². The standard InChI is InChI=1S/C24H29N3O3/c1-3-4-15-30-19-8-6-18(7-9-19)23(29)27-13-11-24(12-14-27)25-21-10-5-17(2)16-20(21)22(28)26-24/h5-10,16,25H,3-4,11-15H2,1-2H3,(H,26,28). The van der Waals surface area contributed by atoms with Crippen LogP contribution in [0.1, 0.15) is 58.9 Å². The average Bonchev–Trinajstić information content (AvgIpc) is 2.75. The van der Waals surface area contributed by atoms with E-state index in [-0.39, 0.29) is 11.8 Å². The number of anilines is 1. The Hall–Kier alpha value is -3.02. The number of likely N-dealkylation sites (tertiary alicyclic amines) is 1. The Morgan fingerprint density at radius 1 is 1.10 bits per heavy atom. The maximum atomic E-state index is 12.9. The van der Waals surface area contributed by atoms with E-state index < -0.39 is 5.66 Å². The number of ether oxygens (including phenoxy) is 1. The van der Waals surface area contributed by atoms with Gasteiger partial charge in [0.05, 0.1) is 12.2 Å². The van der Waals surface area contributed by atoms with E-state index in [4.69, 9.17) is 4.74 Å². The lowest BCUT2D eigenvalue weighted by molar-refractivity contribution is 0.0639. The molecule has 0 radical (unpaired) electrons. The number of piperidine rings is 1. The topological polar surface area (TPSA) is 70.7 Å². The maximum Gasteiger partial charge on any atom is 0.255 e. The molecule has 0 aliphatic carbocycles. The van der Waals surface area contributed by atoms with Gasteiger partial charge in [-0.3, -0.25) is 9.59 Å². The molecule has 2 aliphatic rings. The van der Waals surface area contributed by atoms with E-state index in [1.165, 1.54) is 0 Å². The van der Waals surface area contributed by atoms with Gasteiger partial charge in [0.25, 0.3) is 11.8 Å². The largest absolute Gasteiger partial charge is 0.494 e. The summed E-state index contributed by atoms with van der Waals surface area (Å²) in [5.41, 5.74) is 2.77. The molecule has 0 saturated carbocycles. The summed E-state index contributed by atoms with van der Waals surface area (Å²) in [7, 11) is 0. The van der Waals surface area contributed by atoms with Gasteiger partial charge in [0.2, 0.25) is 0 Å². The molecule has 0 bridgehead atoms. The van der Waals surface area contributed by atoms with Crippen molar-refractivity contribution in [2.75, 3.05) is 25.0 Å². The Morgan fingerprint density at radius 2 is 1.83 bits per heavy atom. The first-order valence-electron chi connectivity index (χ1n) is 10.7. The molecule has 158 valence electrons. The molecule has 2 N–H and O–H groups in total. The van der Waals surface area contributed by atoms with Crippen molar-refractivity contribution in [1.29, 1.82) is 0 Å². The Balaban J connectivity index is 1.38. The molecule has 0 aromatic heterocycles. The molecular formula is C24H29N3O3. The quantitative estimate of drug-likeness (QED) is 0.736. The molecule has 6 nitrogen and oxygen atoms in total. The third-order valence-electron chi connectivity index (χ3n) is 5.92. The first-order valence-corrected chi connectivity index (χ1v) is 10.7. The van der Waals surface area contributed by atoms with Gasteiger partial charge in [-0.2, -0.15) is 0 Å². The number of carbonyl (C=O) groups is 2. The number of nitrogens with one attached hydrogen (secondary N) is 2. The predicted octanol–water partition coefficient (Wildman–Crippen LogP) is 3.96. The van der Waals surface area contributed by atoms with Crippen molar-refractivity contribution in [2.24, 2.45) is 0 Å². The Bertz CT molecular complexity index is 931. The summed E-state index contributed by atoms with van der Waals surface area (Å²) >= 11 is 0. The highest BCUT2D eigenvalue weighted by Crippen LogP contribution is 2.32. The third kappa shape index (κ3) is 4.13. The minimum Gasteiger partial charge on any atom is -0.494 e. The fourth-order valence-corrected chi connectivity index (χ4v) is 4.08. The summed E-state index contributed by atoms with van der Waals surface area (Å²) < 4.78 is 5.67. The third-order valence-corrected chi connectivity index (χ3v) is 5.92. The molecule has 6 heteroatoms. The van der Waals surface area contributed by atoms with E-state index >= 15 is 0 Å². The number of hydrogen-bond acceptors (Lipinski definition) is 4. The van der Waals surface area contributed by atoms with Gasteiger partial charge in [-0.25, -0.2) is 0 Å². The second-order valence-corrected chi connectivity index (χ2v) is 8.23. The summed E-state index contributed by atoms with van der Waals surface area (Å²) in [6, 6.07) is 13.2. The molecule has 2 heterocycles. The monoisotopic (exact) mass is 407 g/mol. The molecule has 2 aromatic rings. The van der Waals surface area contributed by atoms with E-state index in [1.807, 2.05) is 54.3 Å². The number of amides is 2. The number of rotatable bonds is 5. The minimum absolute atomic E-state index is 0.0168. The van der Waals surface area contributed by atoms with Gasteiger partial charge in [0.15, 0.2) is 0 Å². The second-order valence-electron chi connectivity index (χ2n) is 8.23. The van der Waals surface area contributed by atoms with E-state index in [0.717, 1.165) is 29.8 Å². The predicted molar refractivity (Wildman–Crippen MR) is 117 cm³/mol. The Kier molecular flexibility index (Phi) is 5.66. The van der Waals surface area contributed by atoms with Crippen LogP contribution in [0.4, 0.5) is 5.69 Å². The van der Waals surface area contributed by atoms with Gasteiger partial charge >= 0.3 is 0 Å². The molecule has 1 fully saturated rings. The van der Waals surface area contributed by atoms with Gasteiger partial charge in [0.1, 0.15) is 11.4 Å². The smallest absolute Gasteiger partial charge is 0.255 e. The van der Waals surface area contributed by atoms with Crippen molar-refractivity contribution in [3.05, 3.63) is 59.2 Å². The maximum absolute atomic E-state index is 12.9. The summed E-state index contributed by atoms with van der Waals surface area (Å²) in [6.45, 7) is 5.97.